The summed E-state index contributed by atoms with van der Waals surface area (Å²) in [6, 6.07) is 29.3. The van der Waals surface area contributed by atoms with Crippen molar-refractivity contribution in [3.8, 4) is 0 Å². The van der Waals surface area contributed by atoms with Gasteiger partial charge in [0.05, 0.1) is 21.6 Å². The number of amides is 1. The van der Waals surface area contributed by atoms with Crippen molar-refractivity contribution in [2.75, 3.05) is 16.7 Å². The average molecular weight is 498 g/mol. The molecule has 7 nitrogen and oxygen atoms in total. The van der Waals surface area contributed by atoms with Crippen molar-refractivity contribution in [3.05, 3.63) is 113 Å². The second kappa shape index (κ2) is 9.31. The van der Waals surface area contributed by atoms with Gasteiger partial charge in [-0.1, -0.05) is 48.5 Å². The Balaban J connectivity index is 1.45. The minimum Gasteiger partial charge on any atom is -0.331 e. The first kappa shape index (κ1) is 23.3. The lowest BCUT2D eigenvalue weighted by atomic mass is 10.1. The van der Waals surface area contributed by atoms with Crippen LogP contribution < -0.4 is 15.1 Å². The Morgan fingerprint density at radius 3 is 2.03 bits per heavy atom. The Labute approximate surface area is 208 Å². The summed E-state index contributed by atoms with van der Waals surface area (Å²) in [5.41, 5.74) is 2.11. The van der Waals surface area contributed by atoms with E-state index in [4.69, 9.17) is 0 Å². The molecule has 5 aromatic rings. The number of rotatable bonds is 6. The van der Waals surface area contributed by atoms with Crippen LogP contribution in [0, 0.1) is 0 Å². The Morgan fingerprint density at radius 2 is 1.39 bits per heavy atom. The van der Waals surface area contributed by atoms with Crippen LogP contribution in [-0.2, 0) is 21.4 Å². The lowest BCUT2D eigenvalue weighted by Gasteiger charge is -2.20. The maximum absolute atomic E-state index is 13.2. The highest BCUT2D eigenvalue weighted by Crippen LogP contribution is 2.24. The third kappa shape index (κ3) is 4.23. The van der Waals surface area contributed by atoms with Gasteiger partial charge in [-0.2, -0.15) is 0 Å². The van der Waals surface area contributed by atoms with Gasteiger partial charge in [-0.05, 0) is 54.6 Å². The van der Waals surface area contributed by atoms with Gasteiger partial charge in [0, 0.05) is 23.5 Å². The minimum atomic E-state index is -3.83. The number of sulfonamides is 1. The summed E-state index contributed by atoms with van der Waals surface area (Å²) >= 11 is 0. The SMILES string of the molecule is CN(c1ccccc1)S(=O)(=O)c1cccc(NC(=O)Cn2c3ccccc3c(=O)c3ccccc32)c1. The van der Waals surface area contributed by atoms with Crippen molar-refractivity contribution in [2.24, 2.45) is 0 Å². The second-order valence-electron chi connectivity index (χ2n) is 8.33. The molecule has 5 rings (SSSR count). The molecule has 0 spiro atoms. The fourth-order valence-corrected chi connectivity index (χ4v) is 5.50. The standard InChI is InChI=1S/C28H23N3O4S/c1-30(21-11-3-2-4-12-21)36(34,35)22-13-9-10-20(18-22)29-27(32)19-31-25-16-7-5-14-23(25)28(33)24-15-6-8-17-26(24)31/h2-18H,19H2,1H3,(H,29,32). The van der Waals surface area contributed by atoms with Gasteiger partial charge in [0.15, 0.2) is 5.43 Å². The van der Waals surface area contributed by atoms with Crippen LogP contribution in [0.4, 0.5) is 11.4 Å². The maximum Gasteiger partial charge on any atom is 0.264 e. The molecule has 0 radical (unpaired) electrons. The molecular weight excluding hydrogens is 474 g/mol. The number of carbonyl (C=O) groups is 1. The predicted molar refractivity (Wildman–Crippen MR) is 143 cm³/mol. The third-order valence-corrected chi connectivity index (χ3v) is 7.86. The Hall–Kier alpha value is -4.43. The number of nitrogens with zero attached hydrogens (tertiary/aromatic N) is 2. The van der Waals surface area contributed by atoms with Gasteiger partial charge >= 0.3 is 0 Å². The highest BCUT2D eigenvalue weighted by atomic mass is 32.2. The summed E-state index contributed by atoms with van der Waals surface area (Å²) in [5.74, 6) is -0.347. The molecule has 1 N–H and O–H groups in total. The zero-order valence-corrected chi connectivity index (χ0v) is 20.3. The summed E-state index contributed by atoms with van der Waals surface area (Å²) in [4.78, 5) is 26.1. The van der Waals surface area contributed by atoms with E-state index >= 15 is 0 Å². The summed E-state index contributed by atoms with van der Waals surface area (Å²) in [5, 5.41) is 3.86. The van der Waals surface area contributed by atoms with Gasteiger partial charge in [0.1, 0.15) is 6.54 Å². The van der Waals surface area contributed by atoms with Crippen LogP contribution in [0.15, 0.2) is 113 Å². The Kier molecular flexibility index (Phi) is 6.03. The van der Waals surface area contributed by atoms with Gasteiger partial charge in [-0.25, -0.2) is 8.42 Å². The van der Waals surface area contributed by atoms with E-state index in [0.717, 1.165) is 0 Å². The highest BCUT2D eigenvalue weighted by molar-refractivity contribution is 7.92. The smallest absolute Gasteiger partial charge is 0.264 e. The summed E-state index contributed by atoms with van der Waals surface area (Å²) < 4.78 is 29.3. The van der Waals surface area contributed by atoms with Gasteiger partial charge in [0.2, 0.25) is 5.91 Å². The normalized spacial score (nSPS) is 11.5. The summed E-state index contributed by atoms with van der Waals surface area (Å²) in [6.45, 7) is -0.0534. The minimum absolute atomic E-state index is 0.0534. The van der Waals surface area contributed by atoms with E-state index in [9.17, 15) is 18.0 Å². The summed E-state index contributed by atoms with van der Waals surface area (Å²) in [7, 11) is -2.34. The van der Waals surface area contributed by atoms with E-state index in [2.05, 4.69) is 5.32 Å². The van der Waals surface area contributed by atoms with Crippen LogP contribution in [0.3, 0.4) is 0 Å². The molecule has 0 bridgehead atoms. The lowest BCUT2D eigenvalue weighted by molar-refractivity contribution is -0.116. The van der Waals surface area contributed by atoms with E-state index in [1.165, 1.54) is 23.5 Å². The van der Waals surface area contributed by atoms with Crippen molar-refractivity contribution in [3.63, 3.8) is 0 Å². The first-order valence-corrected chi connectivity index (χ1v) is 12.7. The number of benzene rings is 4. The van der Waals surface area contributed by atoms with Crippen molar-refractivity contribution < 1.29 is 13.2 Å². The Morgan fingerprint density at radius 1 is 0.806 bits per heavy atom. The van der Waals surface area contributed by atoms with E-state index in [-0.39, 0.29) is 22.8 Å². The molecule has 4 aromatic carbocycles. The molecular formula is C28H23N3O4S. The number of fused-ring (bicyclic) bond motifs is 2. The molecule has 1 amide bonds. The molecule has 8 heteroatoms. The van der Waals surface area contributed by atoms with E-state index < -0.39 is 10.0 Å². The zero-order valence-electron chi connectivity index (χ0n) is 19.5. The third-order valence-electron chi connectivity index (χ3n) is 6.08. The fraction of sp³-hybridized carbons (Fsp3) is 0.0714. The number of hydrogen-bond acceptors (Lipinski definition) is 4. The number of para-hydroxylation sites is 3. The molecule has 0 aliphatic rings. The average Bonchev–Trinajstić information content (AvgIpc) is 2.91. The van der Waals surface area contributed by atoms with E-state index in [1.54, 1.807) is 65.2 Å². The van der Waals surface area contributed by atoms with Crippen LogP contribution >= 0.6 is 0 Å². The van der Waals surface area contributed by atoms with Gasteiger partial charge in [0.25, 0.3) is 10.0 Å². The first-order chi connectivity index (χ1) is 17.4. The zero-order chi connectivity index (χ0) is 25.3. The van der Waals surface area contributed by atoms with Crippen LogP contribution in [0.5, 0.6) is 0 Å². The van der Waals surface area contributed by atoms with Crippen LogP contribution in [-0.4, -0.2) is 25.9 Å². The quantitative estimate of drug-likeness (QED) is 0.347. The molecule has 0 unspecified atom stereocenters. The monoisotopic (exact) mass is 497 g/mol. The largest absolute Gasteiger partial charge is 0.331 e. The van der Waals surface area contributed by atoms with Gasteiger partial charge in [-0.15, -0.1) is 0 Å². The van der Waals surface area contributed by atoms with Crippen molar-refractivity contribution >= 4 is 49.1 Å². The highest BCUT2D eigenvalue weighted by Gasteiger charge is 2.22. The van der Waals surface area contributed by atoms with Crippen molar-refractivity contribution in [2.45, 2.75) is 11.4 Å². The number of nitrogens with one attached hydrogen (secondary N) is 1. The van der Waals surface area contributed by atoms with Crippen LogP contribution in [0.1, 0.15) is 0 Å². The van der Waals surface area contributed by atoms with Crippen LogP contribution in [0.2, 0.25) is 0 Å². The molecule has 0 atom stereocenters. The van der Waals surface area contributed by atoms with Crippen LogP contribution in [0.25, 0.3) is 21.8 Å². The summed E-state index contributed by atoms with van der Waals surface area (Å²) in [6.07, 6.45) is 0. The Bertz CT molecular complexity index is 1700. The maximum atomic E-state index is 13.2. The fourth-order valence-electron chi connectivity index (χ4n) is 4.26. The molecule has 0 fully saturated rings. The number of anilines is 2. The number of carbonyl (C=O) groups excluding carboxylic acids is 1. The molecule has 0 saturated carbocycles. The van der Waals surface area contributed by atoms with E-state index in [1.807, 2.05) is 30.3 Å². The molecule has 1 heterocycles. The molecule has 180 valence electrons. The first-order valence-electron chi connectivity index (χ1n) is 11.3. The number of hydrogen-bond donors (Lipinski definition) is 1. The molecule has 1 aromatic heterocycles. The topological polar surface area (TPSA) is 88.5 Å². The van der Waals surface area contributed by atoms with E-state index in [0.29, 0.717) is 33.2 Å². The molecule has 0 aliphatic carbocycles. The number of aromatic nitrogens is 1. The second-order valence-corrected chi connectivity index (χ2v) is 10.3. The lowest BCUT2D eigenvalue weighted by Crippen LogP contribution is -2.26. The predicted octanol–water partition coefficient (Wildman–Crippen LogP) is 4.62. The van der Waals surface area contributed by atoms with Gasteiger partial charge in [-0.3, -0.25) is 13.9 Å². The van der Waals surface area contributed by atoms with Gasteiger partial charge < -0.3 is 9.88 Å². The van der Waals surface area contributed by atoms with Crippen molar-refractivity contribution in [1.82, 2.24) is 4.57 Å². The molecule has 36 heavy (non-hydrogen) atoms. The molecule has 0 aliphatic heterocycles. The molecule has 0 saturated heterocycles. The number of pyridine rings is 1. The van der Waals surface area contributed by atoms with Crippen molar-refractivity contribution in [1.29, 1.82) is 0 Å².